The van der Waals surface area contributed by atoms with Crippen LogP contribution in [0.3, 0.4) is 0 Å². The van der Waals surface area contributed by atoms with Crippen LogP contribution in [0.2, 0.25) is 0 Å². The van der Waals surface area contributed by atoms with Gasteiger partial charge in [0.05, 0.1) is 5.56 Å². The smallest absolute Gasteiger partial charge is 0.335 e. The number of hydrogen-bond donors (Lipinski definition) is 1. The highest BCUT2D eigenvalue weighted by Crippen LogP contribution is 2.39. The number of rotatable bonds is 6. The van der Waals surface area contributed by atoms with E-state index in [-0.39, 0.29) is 0 Å². The van der Waals surface area contributed by atoms with E-state index in [9.17, 15) is 9.90 Å². The van der Waals surface area contributed by atoms with Gasteiger partial charge in [-0.1, -0.05) is 84.9 Å². The highest BCUT2D eigenvalue weighted by molar-refractivity contribution is 5.94. The van der Waals surface area contributed by atoms with Crippen molar-refractivity contribution in [2.24, 2.45) is 0 Å². The van der Waals surface area contributed by atoms with E-state index in [0.29, 0.717) is 12.2 Å². The first-order valence-corrected chi connectivity index (χ1v) is 9.83. The third kappa shape index (κ3) is 3.96. The summed E-state index contributed by atoms with van der Waals surface area (Å²) in [7, 11) is 0. The molecule has 0 atom stereocenters. The molecule has 0 aliphatic heterocycles. The Morgan fingerprint density at radius 1 is 0.700 bits per heavy atom. The van der Waals surface area contributed by atoms with E-state index in [1.54, 1.807) is 12.1 Å². The maximum Gasteiger partial charge on any atom is 0.335 e. The van der Waals surface area contributed by atoms with E-state index in [4.69, 9.17) is 4.74 Å². The zero-order chi connectivity index (χ0) is 20.9. The van der Waals surface area contributed by atoms with E-state index < -0.39 is 5.97 Å². The van der Waals surface area contributed by atoms with Crippen LogP contribution in [-0.4, -0.2) is 11.1 Å². The zero-order valence-electron chi connectivity index (χ0n) is 16.7. The minimum Gasteiger partial charge on any atom is -0.488 e. The van der Waals surface area contributed by atoms with Crippen molar-refractivity contribution < 1.29 is 14.6 Å². The Morgan fingerprint density at radius 2 is 1.27 bits per heavy atom. The summed E-state index contributed by atoms with van der Waals surface area (Å²) >= 11 is 0. The fraction of sp³-hybridized carbons (Fsp3) is 0.0741. The fourth-order valence-corrected chi connectivity index (χ4v) is 3.66. The van der Waals surface area contributed by atoms with Crippen molar-refractivity contribution in [1.82, 2.24) is 0 Å². The first kappa shape index (κ1) is 19.5. The Morgan fingerprint density at radius 3 is 1.97 bits per heavy atom. The predicted octanol–water partition coefficient (Wildman–Crippen LogP) is 6.61. The number of carboxylic acids is 1. The Labute approximate surface area is 176 Å². The van der Waals surface area contributed by atoms with Gasteiger partial charge in [0.1, 0.15) is 12.4 Å². The molecule has 4 rings (SSSR count). The van der Waals surface area contributed by atoms with E-state index in [1.165, 1.54) is 0 Å². The van der Waals surface area contributed by atoms with Gasteiger partial charge in [-0.25, -0.2) is 4.79 Å². The molecule has 0 unspecified atom stereocenters. The summed E-state index contributed by atoms with van der Waals surface area (Å²) < 4.78 is 6.17. The van der Waals surface area contributed by atoms with Gasteiger partial charge in [0.2, 0.25) is 0 Å². The van der Waals surface area contributed by atoms with Crippen LogP contribution in [0.4, 0.5) is 0 Å². The van der Waals surface area contributed by atoms with Crippen LogP contribution in [0, 0.1) is 6.92 Å². The Balaban J connectivity index is 1.77. The van der Waals surface area contributed by atoms with Gasteiger partial charge in [0, 0.05) is 5.56 Å². The largest absolute Gasteiger partial charge is 0.488 e. The predicted molar refractivity (Wildman–Crippen MR) is 120 cm³/mol. The van der Waals surface area contributed by atoms with Crippen LogP contribution in [0.15, 0.2) is 97.1 Å². The first-order chi connectivity index (χ1) is 14.6. The van der Waals surface area contributed by atoms with Gasteiger partial charge < -0.3 is 9.84 Å². The summed E-state index contributed by atoms with van der Waals surface area (Å²) in [6.45, 7) is 2.33. The third-order valence-corrected chi connectivity index (χ3v) is 5.20. The molecule has 1 N–H and O–H groups in total. The lowest BCUT2D eigenvalue weighted by Crippen LogP contribution is -2.01. The maximum atomic E-state index is 11.6. The van der Waals surface area contributed by atoms with Crippen molar-refractivity contribution in [3.63, 3.8) is 0 Å². The minimum atomic E-state index is -0.918. The molecule has 3 nitrogen and oxygen atoms in total. The van der Waals surface area contributed by atoms with E-state index in [0.717, 1.165) is 39.1 Å². The Bertz CT molecular complexity index is 1180. The monoisotopic (exact) mass is 394 g/mol. The molecule has 30 heavy (non-hydrogen) atoms. The lowest BCUT2D eigenvalue weighted by molar-refractivity contribution is 0.0696. The van der Waals surface area contributed by atoms with Gasteiger partial charge in [-0.2, -0.15) is 0 Å². The molecule has 0 radical (unpaired) electrons. The molecule has 0 aromatic heterocycles. The van der Waals surface area contributed by atoms with Crippen molar-refractivity contribution in [2.45, 2.75) is 13.5 Å². The topological polar surface area (TPSA) is 46.5 Å². The van der Waals surface area contributed by atoms with E-state index in [2.05, 4.69) is 0 Å². The molecule has 0 saturated carbocycles. The molecule has 0 aliphatic rings. The average molecular weight is 394 g/mol. The summed E-state index contributed by atoms with van der Waals surface area (Å²) in [5.41, 5.74) is 6.04. The normalized spacial score (nSPS) is 10.6. The van der Waals surface area contributed by atoms with Crippen molar-refractivity contribution in [3.8, 4) is 28.0 Å². The second-order valence-electron chi connectivity index (χ2n) is 7.10. The molecule has 0 aliphatic carbocycles. The summed E-state index contributed by atoms with van der Waals surface area (Å²) in [5, 5.41) is 9.53. The number of ether oxygens (including phenoxy) is 1. The van der Waals surface area contributed by atoms with Gasteiger partial charge in [0.25, 0.3) is 0 Å². The van der Waals surface area contributed by atoms with E-state index in [1.807, 2.05) is 91.9 Å². The molecule has 0 bridgehead atoms. The van der Waals surface area contributed by atoms with Gasteiger partial charge in [-0.3, -0.25) is 0 Å². The van der Waals surface area contributed by atoms with Crippen molar-refractivity contribution >= 4 is 5.97 Å². The summed E-state index contributed by atoms with van der Waals surface area (Å²) in [4.78, 5) is 11.6. The average Bonchev–Trinajstić information content (AvgIpc) is 2.79. The number of benzene rings is 4. The van der Waals surface area contributed by atoms with Crippen LogP contribution < -0.4 is 4.74 Å². The molecule has 4 aromatic carbocycles. The minimum absolute atomic E-state index is 0.316. The molecule has 0 saturated heterocycles. The van der Waals surface area contributed by atoms with Crippen LogP contribution in [0.25, 0.3) is 22.3 Å². The molecule has 0 fully saturated rings. The molecule has 0 amide bonds. The third-order valence-electron chi connectivity index (χ3n) is 5.20. The van der Waals surface area contributed by atoms with Crippen LogP contribution in [0.1, 0.15) is 21.5 Å². The lowest BCUT2D eigenvalue weighted by Gasteiger charge is -2.17. The van der Waals surface area contributed by atoms with Crippen molar-refractivity contribution in [2.75, 3.05) is 0 Å². The molecule has 3 heteroatoms. The number of para-hydroxylation sites is 1. The van der Waals surface area contributed by atoms with Crippen molar-refractivity contribution in [1.29, 1.82) is 0 Å². The number of hydrogen-bond acceptors (Lipinski definition) is 2. The van der Waals surface area contributed by atoms with Crippen LogP contribution in [0.5, 0.6) is 5.75 Å². The Kier molecular flexibility index (Phi) is 5.62. The SMILES string of the molecule is Cc1c(C(=O)O)cccc1-c1ccccc1-c1ccccc1OCc1ccccc1. The van der Waals surface area contributed by atoms with E-state index >= 15 is 0 Å². The lowest BCUT2D eigenvalue weighted by atomic mass is 9.90. The number of carboxylic acid groups (broad SMARTS) is 1. The molecular weight excluding hydrogens is 372 g/mol. The summed E-state index contributed by atoms with van der Waals surface area (Å²) in [6.07, 6.45) is 0. The van der Waals surface area contributed by atoms with Crippen LogP contribution >= 0.6 is 0 Å². The molecule has 0 heterocycles. The second-order valence-corrected chi connectivity index (χ2v) is 7.10. The van der Waals surface area contributed by atoms with Crippen LogP contribution in [-0.2, 0) is 6.61 Å². The van der Waals surface area contributed by atoms with Gasteiger partial charge in [0.15, 0.2) is 0 Å². The molecule has 148 valence electrons. The van der Waals surface area contributed by atoms with Crippen molar-refractivity contribution in [3.05, 3.63) is 114 Å². The first-order valence-electron chi connectivity index (χ1n) is 9.83. The maximum absolute atomic E-state index is 11.6. The second kappa shape index (κ2) is 8.66. The zero-order valence-corrected chi connectivity index (χ0v) is 16.7. The molecular formula is C27H22O3. The number of aromatic carboxylic acids is 1. The molecule has 4 aromatic rings. The highest BCUT2D eigenvalue weighted by Gasteiger charge is 2.16. The summed E-state index contributed by atoms with van der Waals surface area (Å²) in [6, 6.07) is 31.4. The molecule has 0 spiro atoms. The standard InChI is InChI=1S/C27H22O3/c1-19-21(15-9-16-22(19)27(28)29)23-12-5-6-13-24(23)25-14-7-8-17-26(25)30-18-20-10-3-2-4-11-20/h2-17H,18H2,1H3,(H,28,29). The highest BCUT2D eigenvalue weighted by atomic mass is 16.5. The van der Waals surface area contributed by atoms with Gasteiger partial charge in [-0.05, 0) is 46.9 Å². The fourth-order valence-electron chi connectivity index (χ4n) is 3.66. The van der Waals surface area contributed by atoms with Gasteiger partial charge >= 0.3 is 5.97 Å². The quantitative estimate of drug-likeness (QED) is 0.400. The number of carbonyl (C=O) groups is 1. The van der Waals surface area contributed by atoms with Gasteiger partial charge in [-0.15, -0.1) is 0 Å². The Hall–Kier alpha value is -3.85. The summed E-state index contributed by atoms with van der Waals surface area (Å²) in [5.74, 6) is -0.126.